The monoisotopic (exact) mass is 240 g/mol. The Labute approximate surface area is 94.5 Å². The Morgan fingerprint density at radius 2 is 2.00 bits per heavy atom. The summed E-state index contributed by atoms with van der Waals surface area (Å²) in [4.78, 5) is 3.82. The third-order valence-electron chi connectivity index (χ3n) is 1.92. The number of aromatic nitrogens is 3. The van der Waals surface area contributed by atoms with E-state index in [2.05, 4.69) is 20.5 Å². The molecular formula is C10H7F3N4. The van der Waals surface area contributed by atoms with E-state index in [9.17, 15) is 13.2 Å². The summed E-state index contributed by atoms with van der Waals surface area (Å²) in [5.74, 6) is 0.0211. The van der Waals surface area contributed by atoms with Crippen molar-refractivity contribution in [2.45, 2.75) is 6.18 Å². The summed E-state index contributed by atoms with van der Waals surface area (Å²) in [5.41, 5.74) is -0.306. The summed E-state index contributed by atoms with van der Waals surface area (Å²) >= 11 is 0. The third kappa shape index (κ3) is 2.90. The van der Waals surface area contributed by atoms with E-state index in [0.29, 0.717) is 11.9 Å². The molecule has 2 heterocycles. The van der Waals surface area contributed by atoms with Crippen LogP contribution in [0.25, 0.3) is 0 Å². The van der Waals surface area contributed by atoms with Crippen molar-refractivity contribution in [3.63, 3.8) is 0 Å². The van der Waals surface area contributed by atoms with E-state index in [1.165, 1.54) is 6.20 Å². The molecule has 88 valence electrons. The SMILES string of the molecule is FC(F)(F)c1cnnc(Nc2cccnc2)c1. The average Bonchev–Trinajstić information content (AvgIpc) is 2.29. The predicted octanol–water partition coefficient (Wildman–Crippen LogP) is 2.63. The Balaban J connectivity index is 2.23. The maximum Gasteiger partial charge on any atom is 0.418 e. The van der Waals surface area contributed by atoms with Crippen molar-refractivity contribution in [1.29, 1.82) is 0 Å². The zero-order valence-electron chi connectivity index (χ0n) is 8.44. The van der Waals surface area contributed by atoms with Crippen molar-refractivity contribution in [2.75, 3.05) is 5.32 Å². The Hall–Kier alpha value is -2.18. The summed E-state index contributed by atoms with van der Waals surface area (Å²) in [5, 5.41) is 9.53. The highest BCUT2D eigenvalue weighted by Gasteiger charge is 2.31. The zero-order chi connectivity index (χ0) is 12.3. The van der Waals surface area contributed by atoms with E-state index in [1.54, 1.807) is 18.3 Å². The first-order valence-electron chi connectivity index (χ1n) is 4.63. The average molecular weight is 240 g/mol. The molecule has 0 fully saturated rings. The van der Waals surface area contributed by atoms with E-state index < -0.39 is 11.7 Å². The van der Waals surface area contributed by atoms with Gasteiger partial charge in [0.2, 0.25) is 0 Å². The molecule has 0 saturated heterocycles. The highest BCUT2D eigenvalue weighted by atomic mass is 19.4. The molecular weight excluding hydrogens is 233 g/mol. The Morgan fingerprint density at radius 1 is 1.18 bits per heavy atom. The number of nitrogens with zero attached hydrogens (tertiary/aromatic N) is 3. The lowest BCUT2D eigenvalue weighted by atomic mass is 10.3. The molecule has 0 radical (unpaired) electrons. The first-order valence-corrected chi connectivity index (χ1v) is 4.63. The highest BCUT2D eigenvalue weighted by molar-refractivity contribution is 5.54. The minimum absolute atomic E-state index is 0.0211. The molecule has 0 aliphatic carbocycles. The van der Waals surface area contributed by atoms with Crippen LogP contribution in [0.15, 0.2) is 36.8 Å². The van der Waals surface area contributed by atoms with Crippen LogP contribution >= 0.6 is 0 Å². The van der Waals surface area contributed by atoms with Gasteiger partial charge in [-0.25, -0.2) is 0 Å². The van der Waals surface area contributed by atoms with Crippen LogP contribution in [0, 0.1) is 0 Å². The number of nitrogens with one attached hydrogen (secondary N) is 1. The number of rotatable bonds is 2. The van der Waals surface area contributed by atoms with Crippen LogP contribution in [0.1, 0.15) is 5.56 Å². The van der Waals surface area contributed by atoms with Crippen molar-refractivity contribution in [1.82, 2.24) is 15.2 Å². The molecule has 0 aromatic carbocycles. The first-order chi connectivity index (χ1) is 8.05. The van der Waals surface area contributed by atoms with E-state index in [4.69, 9.17) is 0 Å². The molecule has 0 bridgehead atoms. The quantitative estimate of drug-likeness (QED) is 0.876. The van der Waals surface area contributed by atoms with E-state index in [0.717, 1.165) is 6.07 Å². The van der Waals surface area contributed by atoms with E-state index >= 15 is 0 Å². The van der Waals surface area contributed by atoms with Gasteiger partial charge in [0.1, 0.15) is 0 Å². The van der Waals surface area contributed by atoms with E-state index in [1.807, 2.05) is 0 Å². The van der Waals surface area contributed by atoms with Crippen molar-refractivity contribution < 1.29 is 13.2 Å². The van der Waals surface area contributed by atoms with E-state index in [-0.39, 0.29) is 5.82 Å². The molecule has 4 nitrogen and oxygen atoms in total. The predicted molar refractivity (Wildman–Crippen MR) is 54.6 cm³/mol. The van der Waals surface area contributed by atoms with Crippen LogP contribution in [-0.2, 0) is 6.18 Å². The van der Waals surface area contributed by atoms with Gasteiger partial charge >= 0.3 is 6.18 Å². The lowest BCUT2D eigenvalue weighted by Gasteiger charge is -2.08. The summed E-state index contributed by atoms with van der Waals surface area (Å²) in [6.07, 6.45) is -0.722. The maximum atomic E-state index is 12.4. The standard InChI is InChI=1S/C10H7F3N4/c11-10(12,13)7-4-9(17-15-5-7)16-8-2-1-3-14-6-8/h1-6H,(H,16,17). The van der Waals surface area contributed by atoms with Crippen LogP contribution in [0.4, 0.5) is 24.7 Å². The Morgan fingerprint density at radius 3 is 2.65 bits per heavy atom. The molecule has 0 spiro atoms. The minimum atomic E-state index is -4.43. The van der Waals surface area contributed by atoms with Crippen LogP contribution in [0.5, 0.6) is 0 Å². The largest absolute Gasteiger partial charge is 0.418 e. The fourth-order valence-corrected chi connectivity index (χ4v) is 1.17. The number of halogens is 3. The van der Waals surface area contributed by atoms with Crippen molar-refractivity contribution in [3.05, 3.63) is 42.4 Å². The summed E-state index contributed by atoms with van der Waals surface area (Å²) < 4.78 is 37.2. The van der Waals surface area contributed by atoms with Gasteiger partial charge in [-0.2, -0.15) is 18.3 Å². The topological polar surface area (TPSA) is 50.7 Å². The summed E-state index contributed by atoms with van der Waals surface area (Å²) in [6, 6.07) is 4.21. The van der Waals surface area contributed by atoms with Crippen molar-refractivity contribution in [2.24, 2.45) is 0 Å². The molecule has 7 heteroatoms. The summed E-state index contributed by atoms with van der Waals surface area (Å²) in [7, 11) is 0. The van der Waals surface area contributed by atoms with Crippen molar-refractivity contribution in [3.8, 4) is 0 Å². The van der Waals surface area contributed by atoms with Gasteiger partial charge in [0, 0.05) is 6.20 Å². The first kappa shape index (κ1) is 11.3. The fourth-order valence-electron chi connectivity index (χ4n) is 1.17. The van der Waals surface area contributed by atoms with Crippen LogP contribution < -0.4 is 5.32 Å². The number of anilines is 2. The summed E-state index contributed by atoms with van der Waals surface area (Å²) in [6.45, 7) is 0. The van der Waals surface area contributed by atoms with Gasteiger partial charge in [-0.3, -0.25) is 4.98 Å². The molecule has 0 saturated carbocycles. The van der Waals surface area contributed by atoms with Crippen LogP contribution in [0.2, 0.25) is 0 Å². The van der Waals surface area contributed by atoms with Gasteiger partial charge in [-0.1, -0.05) is 0 Å². The van der Waals surface area contributed by atoms with Gasteiger partial charge < -0.3 is 5.32 Å². The van der Waals surface area contributed by atoms with Crippen LogP contribution in [-0.4, -0.2) is 15.2 Å². The maximum absolute atomic E-state index is 12.4. The molecule has 0 aliphatic rings. The second kappa shape index (κ2) is 4.36. The highest BCUT2D eigenvalue weighted by Crippen LogP contribution is 2.29. The van der Waals surface area contributed by atoms with Gasteiger partial charge in [0.05, 0.1) is 23.6 Å². The number of hydrogen-bond donors (Lipinski definition) is 1. The molecule has 0 atom stereocenters. The van der Waals surface area contributed by atoms with Crippen molar-refractivity contribution >= 4 is 11.5 Å². The molecule has 2 rings (SSSR count). The number of hydrogen-bond acceptors (Lipinski definition) is 4. The van der Waals surface area contributed by atoms with Gasteiger partial charge in [0.25, 0.3) is 0 Å². The lowest BCUT2D eigenvalue weighted by Crippen LogP contribution is -2.07. The third-order valence-corrected chi connectivity index (χ3v) is 1.92. The molecule has 0 aliphatic heterocycles. The second-order valence-corrected chi connectivity index (χ2v) is 3.19. The van der Waals surface area contributed by atoms with Crippen LogP contribution in [0.3, 0.4) is 0 Å². The molecule has 2 aromatic rings. The molecule has 17 heavy (non-hydrogen) atoms. The second-order valence-electron chi connectivity index (χ2n) is 3.19. The molecule has 1 N–H and O–H groups in total. The Bertz CT molecular complexity index is 498. The number of alkyl halides is 3. The Kier molecular flexibility index (Phi) is 2.90. The van der Waals surface area contributed by atoms with Gasteiger partial charge in [-0.05, 0) is 18.2 Å². The molecule has 2 aromatic heterocycles. The normalized spacial score (nSPS) is 11.2. The fraction of sp³-hybridized carbons (Fsp3) is 0.100. The minimum Gasteiger partial charge on any atom is -0.337 e. The smallest absolute Gasteiger partial charge is 0.337 e. The molecule has 0 unspecified atom stereocenters. The number of pyridine rings is 1. The zero-order valence-corrected chi connectivity index (χ0v) is 8.44. The van der Waals surface area contributed by atoms with Gasteiger partial charge in [0.15, 0.2) is 5.82 Å². The van der Waals surface area contributed by atoms with Gasteiger partial charge in [-0.15, -0.1) is 5.10 Å². The molecule has 0 amide bonds. The lowest BCUT2D eigenvalue weighted by molar-refractivity contribution is -0.137.